The molecule has 2 aromatic rings. The topological polar surface area (TPSA) is 89.0 Å². The molecule has 0 aliphatic carbocycles. The smallest absolute Gasteiger partial charge is 0.329 e. The third-order valence-corrected chi connectivity index (χ3v) is 3.65. The van der Waals surface area contributed by atoms with Crippen molar-refractivity contribution in [1.29, 1.82) is 0 Å². The normalized spacial score (nSPS) is 10.8. The number of carbonyl (C=O) groups is 2. The molecule has 0 aliphatic heterocycles. The Balaban J connectivity index is 2.03. The van der Waals surface area contributed by atoms with Crippen molar-refractivity contribution in [3.8, 4) is 11.5 Å². The highest BCUT2D eigenvalue weighted by Gasteiger charge is 2.14. The van der Waals surface area contributed by atoms with Gasteiger partial charge in [-0.2, -0.15) is 5.10 Å². The lowest BCUT2D eigenvalue weighted by Gasteiger charge is -2.09. The van der Waals surface area contributed by atoms with Crippen LogP contribution in [0.5, 0.6) is 11.5 Å². The lowest BCUT2D eigenvalue weighted by atomic mass is 10.1. The van der Waals surface area contributed by atoms with Crippen molar-refractivity contribution in [2.45, 2.75) is 6.92 Å². The molecule has 2 aromatic carbocycles. The van der Waals surface area contributed by atoms with E-state index < -0.39 is 11.8 Å². The monoisotopic (exact) mass is 375 g/mol. The van der Waals surface area contributed by atoms with E-state index >= 15 is 0 Å². The molecule has 7 nitrogen and oxygen atoms in total. The van der Waals surface area contributed by atoms with Crippen molar-refractivity contribution in [2.24, 2.45) is 5.10 Å². The quantitative estimate of drug-likeness (QED) is 0.477. The molecule has 26 heavy (non-hydrogen) atoms. The van der Waals surface area contributed by atoms with Crippen LogP contribution in [0.25, 0.3) is 0 Å². The Labute approximate surface area is 155 Å². The lowest BCUT2D eigenvalue weighted by Crippen LogP contribution is -2.32. The van der Waals surface area contributed by atoms with Gasteiger partial charge in [-0.15, -0.1) is 0 Å². The Morgan fingerprint density at radius 2 is 1.73 bits per heavy atom. The molecule has 8 heteroatoms. The van der Waals surface area contributed by atoms with Gasteiger partial charge in [0.2, 0.25) is 0 Å². The van der Waals surface area contributed by atoms with Gasteiger partial charge in [0.15, 0.2) is 11.5 Å². The van der Waals surface area contributed by atoms with Crippen molar-refractivity contribution in [1.82, 2.24) is 5.43 Å². The number of hydrogen-bond donors (Lipinski definition) is 2. The summed E-state index contributed by atoms with van der Waals surface area (Å²) < 4.78 is 10.4. The molecule has 0 bridgehead atoms. The predicted molar refractivity (Wildman–Crippen MR) is 100.0 cm³/mol. The molecule has 0 unspecified atom stereocenters. The van der Waals surface area contributed by atoms with Gasteiger partial charge in [-0.05, 0) is 43.3 Å². The molecule has 0 atom stereocenters. The van der Waals surface area contributed by atoms with Gasteiger partial charge >= 0.3 is 11.8 Å². The van der Waals surface area contributed by atoms with E-state index in [1.54, 1.807) is 43.3 Å². The Kier molecular flexibility index (Phi) is 6.57. The molecule has 0 aromatic heterocycles. The summed E-state index contributed by atoms with van der Waals surface area (Å²) >= 11 is 5.83. The van der Waals surface area contributed by atoms with E-state index in [1.807, 2.05) is 0 Å². The lowest BCUT2D eigenvalue weighted by molar-refractivity contribution is -0.136. The number of nitrogens with zero attached hydrogens (tertiary/aromatic N) is 1. The average Bonchev–Trinajstić information content (AvgIpc) is 2.65. The minimum Gasteiger partial charge on any atom is -0.493 e. The molecule has 136 valence electrons. The van der Waals surface area contributed by atoms with Crippen molar-refractivity contribution in [2.75, 3.05) is 19.5 Å². The van der Waals surface area contributed by atoms with Crippen molar-refractivity contribution in [3.05, 3.63) is 53.1 Å². The second-order valence-corrected chi connectivity index (χ2v) is 5.61. The van der Waals surface area contributed by atoms with Crippen LogP contribution in [0.2, 0.25) is 5.02 Å². The van der Waals surface area contributed by atoms with Gasteiger partial charge in [-0.1, -0.05) is 17.7 Å². The molecule has 0 aliphatic rings. The van der Waals surface area contributed by atoms with Gasteiger partial charge in [0.25, 0.3) is 0 Å². The zero-order valence-electron chi connectivity index (χ0n) is 14.5. The zero-order chi connectivity index (χ0) is 19.1. The zero-order valence-corrected chi connectivity index (χ0v) is 15.3. The number of benzene rings is 2. The molecular weight excluding hydrogens is 358 g/mol. The summed E-state index contributed by atoms with van der Waals surface area (Å²) in [7, 11) is 3.06. The first-order chi connectivity index (χ1) is 12.4. The third kappa shape index (κ3) is 4.97. The second kappa shape index (κ2) is 8.87. The Bertz CT molecular complexity index is 852. The summed E-state index contributed by atoms with van der Waals surface area (Å²) in [6.45, 7) is 1.69. The average molecular weight is 376 g/mol. The second-order valence-electron chi connectivity index (χ2n) is 5.17. The Morgan fingerprint density at radius 3 is 2.38 bits per heavy atom. The number of carbonyl (C=O) groups excluding carboxylic acids is 2. The molecule has 2 amide bonds. The van der Waals surface area contributed by atoms with Crippen molar-refractivity contribution >= 4 is 34.8 Å². The Morgan fingerprint density at radius 1 is 1.00 bits per heavy atom. The third-order valence-electron chi connectivity index (χ3n) is 3.42. The summed E-state index contributed by atoms with van der Waals surface area (Å²) in [5.41, 5.74) is 3.83. The number of halogens is 1. The highest BCUT2D eigenvalue weighted by atomic mass is 35.5. The maximum Gasteiger partial charge on any atom is 0.329 e. The first-order valence-electron chi connectivity index (χ1n) is 7.58. The minimum atomic E-state index is -0.898. The summed E-state index contributed by atoms with van der Waals surface area (Å²) in [5.74, 6) is -0.639. The SMILES string of the molecule is COc1ccc(/C(C)=N/NC(=O)C(=O)Nc2cccc(Cl)c2)cc1OC. The van der Waals surface area contributed by atoms with Crippen LogP contribution in [-0.4, -0.2) is 31.7 Å². The number of nitrogens with one attached hydrogen (secondary N) is 2. The molecule has 0 saturated heterocycles. The highest BCUT2D eigenvalue weighted by molar-refractivity contribution is 6.39. The molecule has 2 N–H and O–H groups in total. The fourth-order valence-electron chi connectivity index (χ4n) is 2.07. The number of hydrogen-bond acceptors (Lipinski definition) is 5. The first kappa shape index (κ1) is 19.3. The van der Waals surface area contributed by atoms with Crippen LogP contribution in [0.3, 0.4) is 0 Å². The fourth-order valence-corrected chi connectivity index (χ4v) is 2.26. The van der Waals surface area contributed by atoms with Gasteiger partial charge in [-0.25, -0.2) is 5.43 Å². The fraction of sp³-hybridized carbons (Fsp3) is 0.167. The van der Waals surface area contributed by atoms with Gasteiger partial charge in [0.1, 0.15) is 0 Å². The molecule has 0 spiro atoms. The van der Waals surface area contributed by atoms with Crippen LogP contribution < -0.4 is 20.2 Å². The molecule has 0 heterocycles. The van der Waals surface area contributed by atoms with E-state index in [1.165, 1.54) is 20.3 Å². The summed E-state index contributed by atoms with van der Waals surface area (Å²) in [5, 5.41) is 6.83. The van der Waals surface area contributed by atoms with E-state index in [9.17, 15) is 9.59 Å². The number of methoxy groups -OCH3 is 2. The van der Waals surface area contributed by atoms with Crippen LogP contribution in [0.15, 0.2) is 47.6 Å². The van der Waals surface area contributed by atoms with Crippen LogP contribution in [0, 0.1) is 0 Å². The van der Waals surface area contributed by atoms with Crippen molar-refractivity contribution < 1.29 is 19.1 Å². The van der Waals surface area contributed by atoms with Crippen LogP contribution in [0.1, 0.15) is 12.5 Å². The maximum atomic E-state index is 11.9. The Hall–Kier alpha value is -3.06. The summed E-state index contributed by atoms with van der Waals surface area (Å²) in [6.07, 6.45) is 0. The first-order valence-corrected chi connectivity index (χ1v) is 7.96. The van der Waals surface area contributed by atoms with Crippen LogP contribution >= 0.6 is 11.6 Å². The van der Waals surface area contributed by atoms with Gasteiger partial charge in [-0.3, -0.25) is 9.59 Å². The standard InChI is InChI=1S/C18H18ClN3O4/c1-11(12-7-8-15(25-2)16(9-12)26-3)21-22-18(24)17(23)20-14-6-4-5-13(19)10-14/h4-10H,1-3H3,(H,20,23)(H,22,24)/b21-11+. The molecule has 0 fully saturated rings. The number of ether oxygens (including phenoxy) is 2. The van der Waals surface area contributed by atoms with Gasteiger partial charge in [0.05, 0.1) is 19.9 Å². The molecule has 0 saturated carbocycles. The molecular formula is C18H18ClN3O4. The predicted octanol–water partition coefficient (Wildman–Crippen LogP) is 2.84. The molecule has 0 radical (unpaired) electrons. The van der Waals surface area contributed by atoms with Crippen molar-refractivity contribution in [3.63, 3.8) is 0 Å². The van der Waals surface area contributed by atoms with Crippen LogP contribution in [-0.2, 0) is 9.59 Å². The summed E-state index contributed by atoms with van der Waals surface area (Å²) in [4.78, 5) is 23.8. The van der Waals surface area contributed by atoms with Crippen LogP contribution in [0.4, 0.5) is 5.69 Å². The maximum absolute atomic E-state index is 11.9. The van der Waals surface area contributed by atoms with Gasteiger partial charge in [0, 0.05) is 16.3 Å². The van der Waals surface area contributed by atoms with Gasteiger partial charge < -0.3 is 14.8 Å². The van der Waals surface area contributed by atoms with E-state index in [4.69, 9.17) is 21.1 Å². The largest absolute Gasteiger partial charge is 0.493 e. The number of amides is 2. The van der Waals surface area contributed by atoms with E-state index in [2.05, 4.69) is 15.8 Å². The van der Waals surface area contributed by atoms with E-state index in [-0.39, 0.29) is 0 Å². The number of rotatable bonds is 5. The molecule has 2 rings (SSSR count). The number of anilines is 1. The van der Waals surface area contributed by atoms with E-state index in [0.717, 1.165) is 0 Å². The number of hydrazone groups is 1. The summed E-state index contributed by atoms with van der Waals surface area (Å²) in [6, 6.07) is 11.7. The highest BCUT2D eigenvalue weighted by Crippen LogP contribution is 2.27. The minimum absolute atomic E-state index is 0.415. The van der Waals surface area contributed by atoms with E-state index in [0.29, 0.717) is 33.5 Å².